The lowest BCUT2D eigenvalue weighted by molar-refractivity contribution is 0.204. The van der Waals surface area contributed by atoms with E-state index >= 15 is 0 Å². The van der Waals surface area contributed by atoms with Crippen molar-refractivity contribution in [1.29, 1.82) is 0 Å². The second kappa shape index (κ2) is 8.19. The van der Waals surface area contributed by atoms with E-state index in [2.05, 4.69) is 36.1 Å². The highest BCUT2D eigenvalue weighted by Crippen LogP contribution is 2.30. The van der Waals surface area contributed by atoms with E-state index in [9.17, 15) is 0 Å². The molecule has 120 valence electrons. The number of nitrogens with zero attached hydrogens (tertiary/aromatic N) is 1. The predicted octanol–water partition coefficient (Wildman–Crippen LogP) is 4.71. The molecule has 0 radical (unpaired) electrons. The third-order valence-electron chi connectivity index (χ3n) is 4.76. The van der Waals surface area contributed by atoms with E-state index in [-0.39, 0.29) is 0 Å². The number of imidazole rings is 1. The molecule has 0 saturated heterocycles. The number of hydrogen-bond donors (Lipinski definition) is 2. The van der Waals surface area contributed by atoms with Crippen LogP contribution in [0.5, 0.6) is 0 Å². The van der Waals surface area contributed by atoms with Crippen LogP contribution in [0.25, 0.3) is 0 Å². The average molecular weight is 312 g/mol. The van der Waals surface area contributed by atoms with Crippen LogP contribution in [0, 0.1) is 11.8 Å². The Balaban J connectivity index is 1.90. The number of nitrogens with one attached hydrogen (secondary N) is 2. The summed E-state index contributed by atoms with van der Waals surface area (Å²) < 4.78 is 0. The highest BCUT2D eigenvalue weighted by atomic mass is 35.5. The number of hydrogen-bond acceptors (Lipinski definition) is 2. The Morgan fingerprint density at radius 1 is 1.33 bits per heavy atom. The largest absolute Gasteiger partial charge is 0.344 e. The van der Waals surface area contributed by atoms with Crippen LogP contribution in [0.1, 0.15) is 70.8 Å². The molecule has 0 bridgehead atoms. The van der Waals surface area contributed by atoms with E-state index in [0.717, 1.165) is 42.7 Å². The van der Waals surface area contributed by atoms with Crippen molar-refractivity contribution >= 4 is 11.6 Å². The van der Waals surface area contributed by atoms with Crippen molar-refractivity contribution in [2.24, 2.45) is 11.8 Å². The van der Waals surface area contributed by atoms with Gasteiger partial charge in [0.15, 0.2) is 5.15 Å². The van der Waals surface area contributed by atoms with Gasteiger partial charge in [-0.05, 0) is 31.1 Å². The quantitative estimate of drug-likeness (QED) is 0.765. The number of aryl methyl sites for hydroxylation is 1. The third-order valence-corrected chi connectivity index (χ3v) is 5.07. The van der Waals surface area contributed by atoms with Gasteiger partial charge in [0.25, 0.3) is 0 Å². The monoisotopic (exact) mass is 311 g/mol. The van der Waals surface area contributed by atoms with Crippen LogP contribution in [-0.4, -0.2) is 16.0 Å². The molecule has 2 atom stereocenters. The van der Waals surface area contributed by atoms with Crippen molar-refractivity contribution in [3.05, 3.63) is 16.7 Å². The first kappa shape index (κ1) is 16.8. The summed E-state index contributed by atoms with van der Waals surface area (Å²) in [4.78, 5) is 7.83. The molecule has 21 heavy (non-hydrogen) atoms. The molecular weight excluding hydrogens is 282 g/mol. The van der Waals surface area contributed by atoms with Crippen LogP contribution in [0.4, 0.5) is 0 Å². The fraction of sp³-hybridized carbons (Fsp3) is 0.824. The van der Waals surface area contributed by atoms with Gasteiger partial charge in [-0.1, -0.05) is 51.6 Å². The zero-order valence-electron chi connectivity index (χ0n) is 13.7. The van der Waals surface area contributed by atoms with Crippen LogP contribution in [0.2, 0.25) is 5.15 Å². The Morgan fingerprint density at radius 2 is 2.10 bits per heavy atom. The van der Waals surface area contributed by atoms with Crippen LogP contribution in [0.3, 0.4) is 0 Å². The summed E-state index contributed by atoms with van der Waals surface area (Å²) in [5.41, 5.74) is 1.05. The fourth-order valence-electron chi connectivity index (χ4n) is 3.46. The summed E-state index contributed by atoms with van der Waals surface area (Å²) in [6.45, 7) is 7.70. The second-order valence-corrected chi connectivity index (χ2v) is 7.09. The van der Waals surface area contributed by atoms with Crippen LogP contribution in [0.15, 0.2) is 0 Å². The molecule has 1 aromatic heterocycles. The van der Waals surface area contributed by atoms with E-state index in [1.807, 2.05) is 0 Å². The molecule has 0 spiro atoms. The van der Waals surface area contributed by atoms with Crippen molar-refractivity contribution in [2.75, 3.05) is 0 Å². The van der Waals surface area contributed by atoms with Gasteiger partial charge in [0.2, 0.25) is 0 Å². The molecule has 1 fully saturated rings. The van der Waals surface area contributed by atoms with E-state index in [1.54, 1.807) is 0 Å². The van der Waals surface area contributed by atoms with E-state index in [4.69, 9.17) is 11.6 Å². The highest BCUT2D eigenvalue weighted by molar-refractivity contribution is 6.30. The number of unbranched alkanes of at least 4 members (excludes halogenated alkanes) is 1. The summed E-state index contributed by atoms with van der Waals surface area (Å²) in [7, 11) is 0. The normalized spacial score (nSPS) is 22.9. The van der Waals surface area contributed by atoms with E-state index < -0.39 is 0 Å². The summed E-state index contributed by atoms with van der Waals surface area (Å²) in [5.74, 6) is 2.57. The number of rotatable bonds is 7. The van der Waals surface area contributed by atoms with Crippen LogP contribution in [-0.2, 0) is 13.0 Å². The molecule has 2 rings (SSSR count). The molecule has 1 aliphatic carbocycles. The minimum absolute atomic E-state index is 0.622. The Bertz CT molecular complexity index is 428. The summed E-state index contributed by atoms with van der Waals surface area (Å²) in [6.07, 6.45) is 8.71. The van der Waals surface area contributed by atoms with Crippen LogP contribution < -0.4 is 5.32 Å². The van der Waals surface area contributed by atoms with Gasteiger partial charge < -0.3 is 10.3 Å². The second-order valence-electron chi connectivity index (χ2n) is 6.74. The third kappa shape index (κ3) is 4.72. The number of aromatic amines is 1. The van der Waals surface area contributed by atoms with Crippen LogP contribution >= 0.6 is 11.6 Å². The summed E-state index contributed by atoms with van der Waals surface area (Å²) in [5, 5.41) is 4.37. The maximum atomic E-state index is 6.26. The molecule has 0 aromatic carbocycles. The van der Waals surface area contributed by atoms with Crippen molar-refractivity contribution in [3.8, 4) is 0 Å². The molecule has 0 aliphatic heterocycles. The Morgan fingerprint density at radius 3 is 2.81 bits per heavy atom. The molecule has 1 aliphatic rings. The maximum Gasteiger partial charge on any atom is 0.151 e. The maximum absolute atomic E-state index is 6.26. The molecular formula is C17H30ClN3. The van der Waals surface area contributed by atoms with E-state index in [0.29, 0.717) is 11.2 Å². The van der Waals surface area contributed by atoms with Gasteiger partial charge in [0.05, 0.1) is 5.69 Å². The van der Waals surface area contributed by atoms with E-state index in [1.165, 1.54) is 32.1 Å². The lowest BCUT2D eigenvalue weighted by atomic mass is 9.78. The zero-order chi connectivity index (χ0) is 15.2. The molecule has 4 heteroatoms. The van der Waals surface area contributed by atoms with Gasteiger partial charge in [-0.15, -0.1) is 0 Å². The molecule has 2 unspecified atom stereocenters. The first-order valence-electron chi connectivity index (χ1n) is 8.58. The first-order chi connectivity index (χ1) is 10.1. The first-order valence-corrected chi connectivity index (χ1v) is 8.96. The molecule has 1 saturated carbocycles. The van der Waals surface area contributed by atoms with Crippen molar-refractivity contribution in [3.63, 3.8) is 0 Å². The molecule has 2 N–H and O–H groups in total. The van der Waals surface area contributed by atoms with Crippen molar-refractivity contribution in [2.45, 2.75) is 78.3 Å². The minimum atomic E-state index is 0.622. The summed E-state index contributed by atoms with van der Waals surface area (Å²) in [6, 6.07) is 0.622. The number of halogens is 1. The van der Waals surface area contributed by atoms with Gasteiger partial charge in [-0.2, -0.15) is 0 Å². The lowest BCUT2D eigenvalue weighted by Gasteiger charge is -2.35. The predicted molar refractivity (Wildman–Crippen MR) is 89.6 cm³/mol. The summed E-state index contributed by atoms with van der Waals surface area (Å²) >= 11 is 6.26. The van der Waals surface area contributed by atoms with Crippen molar-refractivity contribution in [1.82, 2.24) is 15.3 Å². The Hall–Kier alpha value is -0.540. The van der Waals surface area contributed by atoms with Crippen molar-refractivity contribution < 1.29 is 0 Å². The van der Waals surface area contributed by atoms with Gasteiger partial charge in [0.1, 0.15) is 5.82 Å². The van der Waals surface area contributed by atoms with Gasteiger partial charge in [-0.3, -0.25) is 0 Å². The molecule has 3 nitrogen and oxygen atoms in total. The standard InChI is InChI=1S/C17H30ClN3/c1-4-5-10-16-20-15(17(18)21-16)11-19-14-9-7-6-8-13(14)12(2)3/h12-14,19H,4-11H2,1-3H3,(H,20,21). The SMILES string of the molecule is CCCCc1nc(Cl)c(CNC2CCCCC2C(C)C)[nH]1. The van der Waals surface area contributed by atoms with Gasteiger partial charge >= 0.3 is 0 Å². The average Bonchev–Trinajstić information content (AvgIpc) is 2.83. The van der Waals surface area contributed by atoms with Gasteiger partial charge in [0, 0.05) is 19.0 Å². The topological polar surface area (TPSA) is 40.7 Å². The molecule has 0 amide bonds. The number of aromatic nitrogens is 2. The smallest absolute Gasteiger partial charge is 0.151 e. The Labute approximate surface area is 134 Å². The molecule has 1 aromatic rings. The number of H-pyrrole nitrogens is 1. The highest BCUT2D eigenvalue weighted by Gasteiger charge is 2.27. The minimum Gasteiger partial charge on any atom is -0.344 e. The Kier molecular flexibility index (Phi) is 6.56. The lowest BCUT2D eigenvalue weighted by Crippen LogP contribution is -2.40. The zero-order valence-corrected chi connectivity index (χ0v) is 14.5. The van der Waals surface area contributed by atoms with Gasteiger partial charge in [-0.25, -0.2) is 4.98 Å². The molecule has 1 heterocycles. The fourth-order valence-corrected chi connectivity index (χ4v) is 3.68.